The molecule has 0 aliphatic rings. The van der Waals surface area contributed by atoms with Crippen LogP contribution in [0.4, 0.5) is 5.69 Å². The van der Waals surface area contributed by atoms with Crippen LogP contribution < -0.4 is 10.1 Å². The van der Waals surface area contributed by atoms with Crippen LogP contribution in [0, 0.1) is 20.8 Å². The number of benzene rings is 2. The molecular formula is C17H18BrNO2. The number of hydrogen-bond donors (Lipinski definition) is 1. The summed E-state index contributed by atoms with van der Waals surface area (Å²) in [4.78, 5) is 12.5. The molecule has 0 saturated carbocycles. The molecule has 0 spiro atoms. The SMILES string of the molecule is COc1c(C)cc(Br)cc1C(=O)Nc1cc(C)ccc1C. The molecule has 1 N–H and O–H groups in total. The van der Waals surface area contributed by atoms with Gasteiger partial charge in [0.2, 0.25) is 0 Å². The summed E-state index contributed by atoms with van der Waals surface area (Å²) in [7, 11) is 1.57. The molecule has 0 atom stereocenters. The van der Waals surface area contributed by atoms with E-state index in [0.717, 1.165) is 26.9 Å². The molecule has 0 fully saturated rings. The molecule has 4 heteroatoms. The Kier molecular flexibility index (Phi) is 4.68. The number of amides is 1. The highest BCUT2D eigenvalue weighted by Gasteiger charge is 2.16. The van der Waals surface area contributed by atoms with Gasteiger partial charge in [0, 0.05) is 10.2 Å². The molecule has 0 unspecified atom stereocenters. The summed E-state index contributed by atoms with van der Waals surface area (Å²) in [5.41, 5.74) is 4.39. The first kappa shape index (κ1) is 15.6. The van der Waals surface area contributed by atoms with Gasteiger partial charge in [-0.25, -0.2) is 0 Å². The number of carbonyl (C=O) groups is 1. The zero-order valence-corrected chi connectivity index (χ0v) is 14.2. The second-order valence-corrected chi connectivity index (χ2v) is 5.99. The summed E-state index contributed by atoms with van der Waals surface area (Å²) in [6.07, 6.45) is 0. The molecule has 0 radical (unpaired) electrons. The van der Waals surface area contributed by atoms with E-state index in [0.29, 0.717) is 11.3 Å². The molecule has 2 aromatic carbocycles. The van der Waals surface area contributed by atoms with E-state index in [4.69, 9.17) is 4.74 Å². The van der Waals surface area contributed by atoms with Crippen LogP contribution in [-0.4, -0.2) is 13.0 Å². The normalized spacial score (nSPS) is 10.3. The van der Waals surface area contributed by atoms with Crippen LogP contribution in [0.25, 0.3) is 0 Å². The lowest BCUT2D eigenvalue weighted by Crippen LogP contribution is -2.14. The fourth-order valence-electron chi connectivity index (χ4n) is 2.23. The van der Waals surface area contributed by atoms with Gasteiger partial charge in [0.15, 0.2) is 0 Å². The average Bonchev–Trinajstić information content (AvgIpc) is 2.42. The summed E-state index contributed by atoms with van der Waals surface area (Å²) < 4.78 is 6.22. The first-order chi connectivity index (χ1) is 9.92. The highest BCUT2D eigenvalue weighted by molar-refractivity contribution is 9.10. The van der Waals surface area contributed by atoms with Crippen LogP contribution in [0.5, 0.6) is 5.75 Å². The summed E-state index contributed by atoms with van der Waals surface area (Å²) in [5.74, 6) is 0.422. The van der Waals surface area contributed by atoms with Crippen molar-refractivity contribution in [2.75, 3.05) is 12.4 Å². The van der Waals surface area contributed by atoms with Gasteiger partial charge in [-0.2, -0.15) is 0 Å². The zero-order valence-electron chi connectivity index (χ0n) is 12.6. The number of rotatable bonds is 3. The van der Waals surface area contributed by atoms with Crippen molar-refractivity contribution in [3.63, 3.8) is 0 Å². The lowest BCUT2D eigenvalue weighted by atomic mass is 10.1. The number of ether oxygens (including phenoxy) is 1. The summed E-state index contributed by atoms with van der Waals surface area (Å²) in [6.45, 7) is 5.88. The Labute approximate surface area is 133 Å². The number of carbonyl (C=O) groups excluding carboxylic acids is 1. The predicted molar refractivity (Wildman–Crippen MR) is 89.3 cm³/mol. The molecule has 21 heavy (non-hydrogen) atoms. The maximum atomic E-state index is 12.5. The number of hydrogen-bond acceptors (Lipinski definition) is 2. The van der Waals surface area contributed by atoms with E-state index in [9.17, 15) is 4.79 Å². The van der Waals surface area contributed by atoms with Crippen molar-refractivity contribution in [2.24, 2.45) is 0 Å². The molecule has 3 nitrogen and oxygen atoms in total. The van der Waals surface area contributed by atoms with Gasteiger partial charge in [-0.1, -0.05) is 28.1 Å². The summed E-state index contributed by atoms with van der Waals surface area (Å²) in [5, 5.41) is 2.96. The Balaban J connectivity index is 2.39. The number of halogens is 1. The Morgan fingerprint density at radius 1 is 1.10 bits per heavy atom. The van der Waals surface area contributed by atoms with Gasteiger partial charge in [-0.05, 0) is 55.7 Å². The highest BCUT2D eigenvalue weighted by atomic mass is 79.9. The predicted octanol–water partition coefficient (Wildman–Crippen LogP) is 4.64. The van der Waals surface area contributed by atoms with Gasteiger partial charge >= 0.3 is 0 Å². The van der Waals surface area contributed by atoms with Crippen LogP contribution in [-0.2, 0) is 0 Å². The Hall–Kier alpha value is -1.81. The molecule has 2 aromatic rings. The van der Waals surface area contributed by atoms with Crippen LogP contribution in [0.2, 0.25) is 0 Å². The lowest BCUT2D eigenvalue weighted by molar-refractivity contribution is 0.102. The Morgan fingerprint density at radius 2 is 1.81 bits per heavy atom. The van der Waals surface area contributed by atoms with Crippen LogP contribution >= 0.6 is 15.9 Å². The van der Waals surface area contributed by atoms with Crippen molar-refractivity contribution < 1.29 is 9.53 Å². The third-order valence-electron chi connectivity index (χ3n) is 3.33. The minimum Gasteiger partial charge on any atom is -0.496 e. The van der Waals surface area contributed by atoms with Gasteiger partial charge in [0.05, 0.1) is 12.7 Å². The molecule has 0 aromatic heterocycles. The van der Waals surface area contributed by atoms with E-state index in [-0.39, 0.29) is 5.91 Å². The van der Waals surface area contributed by atoms with Gasteiger partial charge in [-0.3, -0.25) is 4.79 Å². The summed E-state index contributed by atoms with van der Waals surface area (Å²) in [6, 6.07) is 9.67. The smallest absolute Gasteiger partial charge is 0.259 e. The van der Waals surface area contributed by atoms with Crippen LogP contribution in [0.1, 0.15) is 27.0 Å². The molecule has 110 valence electrons. The molecule has 1 amide bonds. The standard InChI is InChI=1S/C17H18BrNO2/c1-10-5-6-11(2)15(7-10)19-17(20)14-9-13(18)8-12(3)16(14)21-4/h5-9H,1-4H3,(H,19,20). The number of aryl methyl sites for hydroxylation is 3. The van der Waals surface area contributed by atoms with E-state index < -0.39 is 0 Å². The van der Waals surface area contributed by atoms with E-state index in [1.165, 1.54) is 0 Å². The van der Waals surface area contributed by atoms with Crippen molar-refractivity contribution >= 4 is 27.5 Å². The fraction of sp³-hybridized carbons (Fsp3) is 0.235. The summed E-state index contributed by atoms with van der Waals surface area (Å²) >= 11 is 3.42. The molecule has 0 aliphatic carbocycles. The van der Waals surface area contributed by atoms with Crippen molar-refractivity contribution in [2.45, 2.75) is 20.8 Å². The second kappa shape index (κ2) is 6.31. The van der Waals surface area contributed by atoms with Gasteiger partial charge in [-0.15, -0.1) is 0 Å². The zero-order chi connectivity index (χ0) is 15.6. The molecule has 0 bridgehead atoms. The van der Waals surface area contributed by atoms with Crippen LogP contribution in [0.3, 0.4) is 0 Å². The van der Waals surface area contributed by atoms with E-state index >= 15 is 0 Å². The Morgan fingerprint density at radius 3 is 2.48 bits per heavy atom. The van der Waals surface area contributed by atoms with E-state index in [1.807, 2.05) is 45.0 Å². The average molecular weight is 348 g/mol. The first-order valence-electron chi connectivity index (χ1n) is 6.65. The fourth-order valence-corrected chi connectivity index (χ4v) is 2.80. The van der Waals surface area contributed by atoms with Crippen LogP contribution in [0.15, 0.2) is 34.8 Å². The third kappa shape index (κ3) is 3.45. The highest BCUT2D eigenvalue weighted by Crippen LogP contribution is 2.29. The molecule has 0 saturated heterocycles. The Bertz CT molecular complexity index is 695. The number of methoxy groups -OCH3 is 1. The maximum absolute atomic E-state index is 12.5. The van der Waals surface area contributed by atoms with Gasteiger partial charge < -0.3 is 10.1 Å². The lowest BCUT2D eigenvalue weighted by Gasteiger charge is -2.14. The van der Waals surface area contributed by atoms with Crippen molar-refractivity contribution in [1.29, 1.82) is 0 Å². The second-order valence-electron chi connectivity index (χ2n) is 5.08. The molecule has 2 rings (SSSR count). The number of anilines is 1. The van der Waals surface area contributed by atoms with Crippen molar-refractivity contribution in [1.82, 2.24) is 0 Å². The van der Waals surface area contributed by atoms with E-state index in [2.05, 4.69) is 21.2 Å². The minimum atomic E-state index is -0.176. The van der Waals surface area contributed by atoms with Crippen molar-refractivity contribution in [3.8, 4) is 5.75 Å². The maximum Gasteiger partial charge on any atom is 0.259 e. The van der Waals surface area contributed by atoms with Gasteiger partial charge in [0.1, 0.15) is 5.75 Å². The molecule has 0 heterocycles. The largest absolute Gasteiger partial charge is 0.496 e. The quantitative estimate of drug-likeness (QED) is 0.878. The molecule has 0 aliphatic heterocycles. The monoisotopic (exact) mass is 347 g/mol. The first-order valence-corrected chi connectivity index (χ1v) is 7.44. The molecular weight excluding hydrogens is 330 g/mol. The minimum absolute atomic E-state index is 0.176. The van der Waals surface area contributed by atoms with Gasteiger partial charge in [0.25, 0.3) is 5.91 Å². The van der Waals surface area contributed by atoms with E-state index in [1.54, 1.807) is 13.2 Å². The third-order valence-corrected chi connectivity index (χ3v) is 3.79. The van der Waals surface area contributed by atoms with Crippen molar-refractivity contribution in [3.05, 3.63) is 57.1 Å². The topological polar surface area (TPSA) is 38.3 Å². The number of nitrogens with one attached hydrogen (secondary N) is 1.